The van der Waals surface area contributed by atoms with E-state index < -0.39 is 6.04 Å². The standard InChI is InChI=1S/C15H19Cl2N3O2/c1-9(2)18-15(22)19-6-7-20(14(21)10(19)3)13-5-4-11(16)8-12(13)17/h4-5,8-10H,6-7H2,1-3H3,(H,18,22). The highest BCUT2D eigenvalue weighted by Gasteiger charge is 2.35. The summed E-state index contributed by atoms with van der Waals surface area (Å²) in [6.45, 7) is 6.33. The number of piperazine rings is 1. The number of nitrogens with one attached hydrogen (secondary N) is 1. The quantitative estimate of drug-likeness (QED) is 0.896. The number of rotatable bonds is 2. The maximum absolute atomic E-state index is 12.6. The lowest BCUT2D eigenvalue weighted by Crippen LogP contribution is -2.60. The Balaban J connectivity index is 2.17. The number of amides is 3. The molecule has 1 aromatic carbocycles. The Morgan fingerprint density at radius 2 is 2.00 bits per heavy atom. The topological polar surface area (TPSA) is 52.7 Å². The Bertz CT molecular complexity index is 592. The highest BCUT2D eigenvalue weighted by atomic mass is 35.5. The predicted octanol–water partition coefficient (Wildman–Crippen LogP) is 3.15. The van der Waals surface area contributed by atoms with Crippen LogP contribution in [0.25, 0.3) is 0 Å². The van der Waals surface area contributed by atoms with Crippen molar-refractivity contribution in [1.29, 1.82) is 0 Å². The van der Waals surface area contributed by atoms with Gasteiger partial charge >= 0.3 is 6.03 Å². The van der Waals surface area contributed by atoms with E-state index in [1.54, 1.807) is 34.9 Å². The summed E-state index contributed by atoms with van der Waals surface area (Å²) >= 11 is 12.1. The van der Waals surface area contributed by atoms with Crippen molar-refractivity contribution in [2.45, 2.75) is 32.9 Å². The molecule has 1 aliphatic rings. The molecule has 3 amide bonds. The van der Waals surface area contributed by atoms with E-state index in [0.29, 0.717) is 28.8 Å². The Hall–Kier alpha value is -1.46. The third-order valence-corrected chi connectivity index (χ3v) is 4.07. The zero-order valence-electron chi connectivity index (χ0n) is 12.8. The number of halogens is 2. The maximum atomic E-state index is 12.6. The van der Waals surface area contributed by atoms with Gasteiger partial charge in [0.05, 0.1) is 10.7 Å². The molecule has 1 saturated heterocycles. The fourth-order valence-corrected chi connectivity index (χ4v) is 2.93. The number of benzene rings is 1. The van der Waals surface area contributed by atoms with Crippen molar-refractivity contribution in [3.8, 4) is 0 Å². The normalized spacial score (nSPS) is 18.8. The Morgan fingerprint density at radius 3 is 2.59 bits per heavy atom. The summed E-state index contributed by atoms with van der Waals surface area (Å²) in [5, 5.41) is 3.75. The number of carbonyl (C=O) groups excluding carboxylic acids is 2. The van der Waals surface area contributed by atoms with Crippen LogP contribution < -0.4 is 10.2 Å². The minimum Gasteiger partial charge on any atom is -0.336 e. The highest BCUT2D eigenvalue weighted by Crippen LogP contribution is 2.30. The second kappa shape index (κ2) is 6.75. The number of urea groups is 1. The van der Waals surface area contributed by atoms with Gasteiger partial charge in [0, 0.05) is 24.2 Å². The number of hydrogen-bond acceptors (Lipinski definition) is 2. The van der Waals surface area contributed by atoms with Gasteiger partial charge in [-0.2, -0.15) is 0 Å². The summed E-state index contributed by atoms with van der Waals surface area (Å²) in [4.78, 5) is 27.8. The molecule has 1 aromatic rings. The second-order valence-corrected chi connectivity index (χ2v) is 6.40. The lowest BCUT2D eigenvalue weighted by Gasteiger charge is -2.39. The summed E-state index contributed by atoms with van der Waals surface area (Å²) in [5.74, 6) is -0.158. The number of carbonyl (C=O) groups is 2. The zero-order chi connectivity index (χ0) is 16.4. The predicted molar refractivity (Wildman–Crippen MR) is 88.7 cm³/mol. The molecule has 22 heavy (non-hydrogen) atoms. The Labute approximate surface area is 140 Å². The van der Waals surface area contributed by atoms with Gasteiger partial charge in [-0.1, -0.05) is 23.2 Å². The monoisotopic (exact) mass is 343 g/mol. The van der Waals surface area contributed by atoms with E-state index in [4.69, 9.17) is 23.2 Å². The number of anilines is 1. The van der Waals surface area contributed by atoms with Crippen molar-refractivity contribution in [2.75, 3.05) is 18.0 Å². The van der Waals surface area contributed by atoms with Gasteiger partial charge in [-0.15, -0.1) is 0 Å². The molecule has 1 fully saturated rings. The molecule has 0 saturated carbocycles. The van der Waals surface area contributed by atoms with Crippen molar-refractivity contribution in [3.05, 3.63) is 28.2 Å². The van der Waals surface area contributed by atoms with Gasteiger partial charge in [0.15, 0.2) is 0 Å². The average Bonchev–Trinajstić information content (AvgIpc) is 2.41. The molecule has 7 heteroatoms. The van der Waals surface area contributed by atoms with Crippen LogP contribution in [0.5, 0.6) is 0 Å². The third kappa shape index (κ3) is 3.47. The number of hydrogen-bond donors (Lipinski definition) is 1. The van der Waals surface area contributed by atoms with E-state index in [1.165, 1.54) is 0 Å². The van der Waals surface area contributed by atoms with Crippen LogP contribution in [0.2, 0.25) is 10.0 Å². The summed E-state index contributed by atoms with van der Waals surface area (Å²) < 4.78 is 0. The molecular formula is C15H19Cl2N3O2. The van der Waals surface area contributed by atoms with Crippen molar-refractivity contribution in [2.24, 2.45) is 0 Å². The molecule has 1 aliphatic heterocycles. The summed E-state index contributed by atoms with van der Waals surface area (Å²) in [6.07, 6.45) is 0. The first kappa shape index (κ1) is 16.9. The Morgan fingerprint density at radius 1 is 1.32 bits per heavy atom. The molecule has 1 heterocycles. The first-order valence-electron chi connectivity index (χ1n) is 7.15. The average molecular weight is 344 g/mol. The van der Waals surface area contributed by atoms with E-state index in [9.17, 15) is 9.59 Å². The molecular weight excluding hydrogens is 325 g/mol. The molecule has 0 aromatic heterocycles. The van der Waals surface area contributed by atoms with Crippen LogP contribution in [0, 0.1) is 0 Å². The highest BCUT2D eigenvalue weighted by molar-refractivity contribution is 6.36. The molecule has 1 atom stereocenters. The molecule has 1 N–H and O–H groups in total. The van der Waals surface area contributed by atoms with Crippen LogP contribution in [-0.2, 0) is 4.79 Å². The van der Waals surface area contributed by atoms with Crippen LogP contribution in [0.1, 0.15) is 20.8 Å². The Kier molecular flexibility index (Phi) is 5.19. The first-order chi connectivity index (χ1) is 10.3. The molecule has 120 valence electrons. The van der Waals surface area contributed by atoms with E-state index in [1.807, 2.05) is 13.8 Å². The largest absolute Gasteiger partial charge is 0.336 e. The van der Waals surface area contributed by atoms with Crippen LogP contribution in [0.15, 0.2) is 18.2 Å². The minimum absolute atomic E-state index is 0.0264. The van der Waals surface area contributed by atoms with Gasteiger partial charge < -0.3 is 15.1 Å². The van der Waals surface area contributed by atoms with E-state index in [2.05, 4.69) is 5.32 Å². The molecule has 1 unspecified atom stereocenters. The fraction of sp³-hybridized carbons (Fsp3) is 0.467. The summed E-state index contributed by atoms with van der Waals surface area (Å²) in [5.41, 5.74) is 0.617. The SMILES string of the molecule is CC(C)NC(=O)N1CCN(c2ccc(Cl)cc2Cl)C(=O)C1C. The van der Waals surface area contributed by atoms with Crippen molar-refractivity contribution < 1.29 is 9.59 Å². The van der Waals surface area contributed by atoms with Gasteiger partial charge in [-0.25, -0.2) is 4.79 Å². The van der Waals surface area contributed by atoms with Gasteiger partial charge in [0.1, 0.15) is 6.04 Å². The smallest absolute Gasteiger partial charge is 0.318 e. The van der Waals surface area contributed by atoms with Gasteiger partial charge in [-0.05, 0) is 39.0 Å². The maximum Gasteiger partial charge on any atom is 0.318 e. The minimum atomic E-state index is -0.542. The van der Waals surface area contributed by atoms with Gasteiger partial charge in [0.2, 0.25) is 5.91 Å². The van der Waals surface area contributed by atoms with E-state index in [-0.39, 0.29) is 18.0 Å². The molecule has 0 bridgehead atoms. The van der Waals surface area contributed by atoms with E-state index >= 15 is 0 Å². The van der Waals surface area contributed by atoms with Crippen LogP contribution in [0.4, 0.5) is 10.5 Å². The second-order valence-electron chi connectivity index (χ2n) is 5.56. The molecule has 0 aliphatic carbocycles. The van der Waals surface area contributed by atoms with Crippen molar-refractivity contribution >= 4 is 40.8 Å². The van der Waals surface area contributed by atoms with Crippen LogP contribution >= 0.6 is 23.2 Å². The third-order valence-electron chi connectivity index (χ3n) is 3.53. The molecule has 0 radical (unpaired) electrons. The van der Waals surface area contributed by atoms with Crippen LogP contribution in [0.3, 0.4) is 0 Å². The zero-order valence-corrected chi connectivity index (χ0v) is 14.3. The molecule has 0 spiro atoms. The summed E-state index contributed by atoms with van der Waals surface area (Å²) in [6, 6.07) is 4.28. The number of nitrogens with zero attached hydrogens (tertiary/aromatic N) is 2. The van der Waals surface area contributed by atoms with Crippen molar-refractivity contribution in [3.63, 3.8) is 0 Å². The fourth-order valence-electron chi connectivity index (χ4n) is 2.42. The lowest BCUT2D eigenvalue weighted by atomic mass is 10.1. The lowest BCUT2D eigenvalue weighted by molar-refractivity contribution is -0.124. The first-order valence-corrected chi connectivity index (χ1v) is 7.90. The van der Waals surface area contributed by atoms with E-state index in [0.717, 1.165) is 0 Å². The van der Waals surface area contributed by atoms with Crippen molar-refractivity contribution in [1.82, 2.24) is 10.2 Å². The molecule has 2 rings (SSSR count). The van der Waals surface area contributed by atoms with Gasteiger partial charge in [0.25, 0.3) is 0 Å². The molecule has 5 nitrogen and oxygen atoms in total. The van der Waals surface area contributed by atoms with Gasteiger partial charge in [-0.3, -0.25) is 4.79 Å². The summed E-state index contributed by atoms with van der Waals surface area (Å²) in [7, 11) is 0. The van der Waals surface area contributed by atoms with Crippen LogP contribution in [-0.4, -0.2) is 42.0 Å².